The molecule has 2 atom stereocenters. The fraction of sp³-hybridized carbons (Fsp3) is 0.588. The smallest absolute Gasteiger partial charge is 0.223 e. The Morgan fingerprint density at radius 1 is 1.22 bits per heavy atom. The highest BCUT2D eigenvalue weighted by Crippen LogP contribution is 2.23. The molecule has 1 fully saturated rings. The lowest BCUT2D eigenvalue weighted by Gasteiger charge is -2.25. The predicted molar refractivity (Wildman–Crippen MR) is 91.5 cm³/mol. The SMILES string of the molecule is NC1CCCC(C(=O)NCCCS(=O)(=O)Cc2ccccc2)C1. The summed E-state index contributed by atoms with van der Waals surface area (Å²) in [5.41, 5.74) is 6.69. The maximum absolute atomic E-state index is 12.1. The Kier molecular flexibility index (Phi) is 6.59. The normalized spacial score (nSPS) is 21.8. The molecule has 0 spiro atoms. The van der Waals surface area contributed by atoms with Gasteiger partial charge < -0.3 is 11.1 Å². The summed E-state index contributed by atoms with van der Waals surface area (Å²) in [6.45, 7) is 0.401. The summed E-state index contributed by atoms with van der Waals surface area (Å²) in [6.07, 6.45) is 4.04. The van der Waals surface area contributed by atoms with E-state index in [2.05, 4.69) is 5.32 Å². The number of nitrogens with one attached hydrogen (secondary N) is 1. The average Bonchev–Trinajstić information content (AvgIpc) is 2.52. The van der Waals surface area contributed by atoms with E-state index in [1.54, 1.807) is 0 Å². The Hall–Kier alpha value is -1.40. The first-order chi connectivity index (χ1) is 11.0. The zero-order valence-electron chi connectivity index (χ0n) is 13.4. The fourth-order valence-electron chi connectivity index (χ4n) is 3.01. The molecule has 23 heavy (non-hydrogen) atoms. The third-order valence-corrected chi connectivity index (χ3v) is 5.93. The van der Waals surface area contributed by atoms with E-state index in [1.165, 1.54) is 0 Å². The van der Waals surface area contributed by atoms with Crippen LogP contribution in [0.15, 0.2) is 30.3 Å². The summed E-state index contributed by atoms with van der Waals surface area (Å²) < 4.78 is 24.1. The largest absolute Gasteiger partial charge is 0.356 e. The third kappa shape index (κ3) is 6.31. The van der Waals surface area contributed by atoms with Crippen molar-refractivity contribution in [3.05, 3.63) is 35.9 Å². The van der Waals surface area contributed by atoms with Gasteiger partial charge in [0.25, 0.3) is 0 Å². The van der Waals surface area contributed by atoms with Crippen LogP contribution in [0.4, 0.5) is 0 Å². The molecular formula is C17H26N2O3S. The molecule has 1 saturated carbocycles. The second-order valence-corrected chi connectivity index (χ2v) is 8.53. The van der Waals surface area contributed by atoms with Crippen molar-refractivity contribution in [3.8, 4) is 0 Å². The highest BCUT2D eigenvalue weighted by Gasteiger charge is 2.25. The van der Waals surface area contributed by atoms with Crippen molar-refractivity contribution in [2.75, 3.05) is 12.3 Å². The Labute approximate surface area is 138 Å². The Bertz CT molecular complexity index is 602. The predicted octanol–water partition coefficient (Wildman–Crippen LogP) is 1.63. The second kappa shape index (κ2) is 8.45. The highest BCUT2D eigenvalue weighted by molar-refractivity contribution is 7.90. The summed E-state index contributed by atoms with van der Waals surface area (Å²) in [4.78, 5) is 12.0. The molecule has 1 amide bonds. The van der Waals surface area contributed by atoms with E-state index in [0.717, 1.165) is 31.2 Å². The molecule has 2 rings (SSSR count). The van der Waals surface area contributed by atoms with Crippen LogP contribution in [0.5, 0.6) is 0 Å². The number of hydrogen-bond acceptors (Lipinski definition) is 4. The van der Waals surface area contributed by atoms with Crippen molar-refractivity contribution in [2.45, 2.75) is 43.9 Å². The number of rotatable bonds is 7. The molecule has 1 aromatic rings. The molecule has 1 aromatic carbocycles. The van der Waals surface area contributed by atoms with Crippen LogP contribution < -0.4 is 11.1 Å². The van der Waals surface area contributed by atoms with Crippen LogP contribution in [0.2, 0.25) is 0 Å². The minimum Gasteiger partial charge on any atom is -0.356 e. The Balaban J connectivity index is 1.69. The lowest BCUT2D eigenvalue weighted by atomic mass is 9.85. The van der Waals surface area contributed by atoms with Gasteiger partial charge in [-0.05, 0) is 31.2 Å². The van der Waals surface area contributed by atoms with Gasteiger partial charge in [0.15, 0.2) is 9.84 Å². The zero-order valence-corrected chi connectivity index (χ0v) is 14.2. The standard InChI is InChI=1S/C17H26N2O3S/c18-16-9-4-8-15(12-16)17(20)19-10-5-11-23(21,22)13-14-6-2-1-3-7-14/h1-3,6-7,15-16H,4-5,8-13,18H2,(H,19,20). The first kappa shape index (κ1) is 17.9. The van der Waals surface area contributed by atoms with Crippen LogP contribution in [0.1, 0.15) is 37.7 Å². The zero-order chi connectivity index (χ0) is 16.7. The van der Waals surface area contributed by atoms with Gasteiger partial charge in [0.05, 0.1) is 11.5 Å². The molecule has 6 heteroatoms. The van der Waals surface area contributed by atoms with E-state index in [4.69, 9.17) is 5.73 Å². The molecule has 0 radical (unpaired) electrons. The summed E-state index contributed by atoms with van der Waals surface area (Å²) in [7, 11) is -3.14. The van der Waals surface area contributed by atoms with Crippen LogP contribution in [0.3, 0.4) is 0 Å². The van der Waals surface area contributed by atoms with Gasteiger partial charge >= 0.3 is 0 Å². The van der Waals surface area contributed by atoms with Crippen LogP contribution in [-0.2, 0) is 20.4 Å². The van der Waals surface area contributed by atoms with Crippen LogP contribution >= 0.6 is 0 Å². The first-order valence-corrected chi connectivity index (χ1v) is 10.1. The average molecular weight is 338 g/mol. The molecule has 2 unspecified atom stereocenters. The van der Waals surface area contributed by atoms with Gasteiger partial charge in [0.2, 0.25) is 5.91 Å². The second-order valence-electron chi connectivity index (χ2n) is 6.35. The molecule has 128 valence electrons. The number of benzene rings is 1. The number of carbonyl (C=O) groups is 1. The molecular weight excluding hydrogens is 312 g/mol. The summed E-state index contributed by atoms with van der Waals surface area (Å²) in [5, 5.41) is 2.85. The molecule has 0 aliphatic heterocycles. The summed E-state index contributed by atoms with van der Waals surface area (Å²) in [5.74, 6) is 0.145. The van der Waals surface area contributed by atoms with Crippen molar-refractivity contribution in [1.29, 1.82) is 0 Å². The summed E-state index contributed by atoms with van der Waals surface area (Å²) in [6, 6.07) is 9.27. The van der Waals surface area contributed by atoms with Gasteiger partial charge in [-0.25, -0.2) is 8.42 Å². The molecule has 5 nitrogen and oxygen atoms in total. The highest BCUT2D eigenvalue weighted by atomic mass is 32.2. The van der Waals surface area contributed by atoms with E-state index in [9.17, 15) is 13.2 Å². The number of amides is 1. The maximum Gasteiger partial charge on any atom is 0.223 e. The monoisotopic (exact) mass is 338 g/mol. The molecule has 0 aromatic heterocycles. The van der Waals surface area contributed by atoms with Gasteiger partial charge in [-0.1, -0.05) is 36.8 Å². The van der Waals surface area contributed by atoms with E-state index in [-0.39, 0.29) is 29.4 Å². The minimum atomic E-state index is -3.14. The molecule has 1 aliphatic rings. The van der Waals surface area contributed by atoms with Crippen molar-refractivity contribution in [2.24, 2.45) is 11.7 Å². The van der Waals surface area contributed by atoms with E-state index in [1.807, 2.05) is 30.3 Å². The van der Waals surface area contributed by atoms with Crippen LogP contribution in [0.25, 0.3) is 0 Å². The Morgan fingerprint density at radius 3 is 2.65 bits per heavy atom. The van der Waals surface area contributed by atoms with Crippen molar-refractivity contribution in [3.63, 3.8) is 0 Å². The van der Waals surface area contributed by atoms with E-state index in [0.29, 0.717) is 13.0 Å². The molecule has 1 aliphatic carbocycles. The van der Waals surface area contributed by atoms with Crippen LogP contribution in [-0.4, -0.2) is 32.7 Å². The minimum absolute atomic E-state index is 0.0142. The quantitative estimate of drug-likeness (QED) is 0.740. The molecule has 0 bridgehead atoms. The van der Waals surface area contributed by atoms with Crippen molar-refractivity contribution >= 4 is 15.7 Å². The van der Waals surface area contributed by atoms with E-state index >= 15 is 0 Å². The first-order valence-electron chi connectivity index (χ1n) is 8.24. The lowest BCUT2D eigenvalue weighted by Crippen LogP contribution is -2.38. The fourth-order valence-corrected chi connectivity index (χ4v) is 4.44. The van der Waals surface area contributed by atoms with E-state index < -0.39 is 9.84 Å². The third-order valence-electron chi connectivity index (χ3n) is 4.25. The molecule has 0 heterocycles. The summed E-state index contributed by atoms with van der Waals surface area (Å²) >= 11 is 0. The van der Waals surface area contributed by atoms with Crippen molar-refractivity contribution in [1.82, 2.24) is 5.32 Å². The molecule has 3 N–H and O–H groups in total. The molecule has 0 saturated heterocycles. The van der Waals surface area contributed by atoms with Gasteiger partial charge in [-0.15, -0.1) is 0 Å². The van der Waals surface area contributed by atoms with Gasteiger partial charge in [-0.2, -0.15) is 0 Å². The van der Waals surface area contributed by atoms with Gasteiger partial charge in [0.1, 0.15) is 0 Å². The van der Waals surface area contributed by atoms with Gasteiger partial charge in [-0.3, -0.25) is 4.79 Å². The number of hydrogen-bond donors (Lipinski definition) is 2. The van der Waals surface area contributed by atoms with Crippen molar-refractivity contribution < 1.29 is 13.2 Å². The van der Waals surface area contributed by atoms with Crippen LogP contribution in [0, 0.1) is 5.92 Å². The topological polar surface area (TPSA) is 89.3 Å². The lowest BCUT2D eigenvalue weighted by molar-refractivity contribution is -0.126. The van der Waals surface area contributed by atoms with Gasteiger partial charge in [0, 0.05) is 18.5 Å². The number of nitrogens with two attached hydrogens (primary N) is 1. The Morgan fingerprint density at radius 2 is 1.96 bits per heavy atom. The number of sulfone groups is 1. The maximum atomic E-state index is 12.1. The number of carbonyl (C=O) groups excluding carboxylic acids is 1.